The highest BCUT2D eigenvalue weighted by molar-refractivity contribution is 7.10. The topological polar surface area (TPSA) is 12.0 Å². The van der Waals surface area contributed by atoms with Crippen molar-refractivity contribution in [2.24, 2.45) is 0 Å². The van der Waals surface area contributed by atoms with E-state index in [1.165, 1.54) is 36.1 Å². The lowest BCUT2D eigenvalue weighted by Crippen LogP contribution is -2.17. The third-order valence-corrected chi connectivity index (χ3v) is 4.43. The Hall–Kier alpha value is -0.0500. The van der Waals surface area contributed by atoms with Gasteiger partial charge < -0.3 is 5.32 Å². The first-order chi connectivity index (χ1) is 6.83. The number of halogens is 1. The van der Waals surface area contributed by atoms with E-state index < -0.39 is 0 Å². The van der Waals surface area contributed by atoms with E-state index in [1.807, 2.05) is 18.4 Å². The predicted octanol–water partition coefficient (Wildman–Crippen LogP) is 3.43. The number of aryl methyl sites for hydroxylation is 1. The van der Waals surface area contributed by atoms with Crippen LogP contribution in [0.1, 0.15) is 35.6 Å². The van der Waals surface area contributed by atoms with Gasteiger partial charge in [-0.15, -0.1) is 11.3 Å². The molecule has 1 aliphatic rings. The summed E-state index contributed by atoms with van der Waals surface area (Å²) in [6, 6.07) is 0. The molecule has 0 aromatic carbocycles. The highest BCUT2D eigenvalue weighted by atomic mass is 35.5. The standard InChI is InChI=1S/C11H16ClNS/c1-13-6-8-4-2-3-5-10-11(8)9(12)7-14-10/h7-8,13H,2-6H2,1H3. The number of hydrogen-bond acceptors (Lipinski definition) is 2. The summed E-state index contributed by atoms with van der Waals surface area (Å²) >= 11 is 8.08. The van der Waals surface area contributed by atoms with Gasteiger partial charge >= 0.3 is 0 Å². The second-order valence-corrected chi connectivity index (χ2v) is 5.29. The Kier molecular flexibility index (Phi) is 3.47. The molecule has 0 amide bonds. The summed E-state index contributed by atoms with van der Waals surface area (Å²) in [4.78, 5) is 1.52. The Morgan fingerprint density at radius 2 is 2.43 bits per heavy atom. The molecule has 78 valence electrons. The lowest BCUT2D eigenvalue weighted by Gasteiger charge is -2.15. The molecule has 1 N–H and O–H groups in total. The van der Waals surface area contributed by atoms with E-state index in [4.69, 9.17) is 11.6 Å². The molecule has 0 saturated heterocycles. The van der Waals surface area contributed by atoms with Crippen molar-refractivity contribution in [1.82, 2.24) is 5.32 Å². The molecule has 0 fully saturated rings. The molecule has 1 aromatic rings. The first kappa shape index (κ1) is 10.5. The second-order valence-electron chi connectivity index (χ2n) is 3.92. The molecule has 0 radical (unpaired) electrons. The van der Waals surface area contributed by atoms with Gasteiger partial charge in [-0.2, -0.15) is 0 Å². The van der Waals surface area contributed by atoms with Crippen LogP contribution in [0, 0.1) is 0 Å². The monoisotopic (exact) mass is 229 g/mol. The zero-order valence-corrected chi connectivity index (χ0v) is 10.0. The summed E-state index contributed by atoms with van der Waals surface area (Å²) in [5.41, 5.74) is 1.43. The number of thiophene rings is 1. The number of nitrogens with one attached hydrogen (secondary N) is 1. The summed E-state index contributed by atoms with van der Waals surface area (Å²) in [7, 11) is 2.02. The van der Waals surface area contributed by atoms with Gasteiger partial charge in [-0.05, 0) is 37.8 Å². The van der Waals surface area contributed by atoms with Gasteiger partial charge in [0.25, 0.3) is 0 Å². The minimum absolute atomic E-state index is 0.635. The smallest absolute Gasteiger partial charge is 0.0551 e. The molecule has 14 heavy (non-hydrogen) atoms. The quantitative estimate of drug-likeness (QED) is 0.767. The number of rotatable bonds is 2. The van der Waals surface area contributed by atoms with Crippen molar-refractivity contribution in [1.29, 1.82) is 0 Å². The Balaban J connectivity index is 2.30. The zero-order valence-electron chi connectivity index (χ0n) is 8.48. The fourth-order valence-corrected chi connectivity index (χ4v) is 3.77. The second kappa shape index (κ2) is 4.65. The van der Waals surface area contributed by atoms with Crippen LogP contribution in [0.15, 0.2) is 5.38 Å². The van der Waals surface area contributed by atoms with Crippen molar-refractivity contribution in [3.05, 3.63) is 20.8 Å². The van der Waals surface area contributed by atoms with Crippen LogP contribution in [0.2, 0.25) is 5.02 Å². The number of hydrogen-bond donors (Lipinski definition) is 1. The Morgan fingerprint density at radius 3 is 3.21 bits per heavy atom. The maximum Gasteiger partial charge on any atom is 0.0551 e. The Labute approximate surface area is 94.5 Å². The van der Waals surface area contributed by atoms with E-state index in [0.29, 0.717) is 5.92 Å². The maximum absolute atomic E-state index is 6.24. The van der Waals surface area contributed by atoms with Gasteiger partial charge in [-0.1, -0.05) is 18.0 Å². The molecule has 2 rings (SSSR count). The van der Waals surface area contributed by atoms with Gasteiger partial charge in [0.1, 0.15) is 0 Å². The summed E-state index contributed by atoms with van der Waals surface area (Å²) in [5, 5.41) is 6.36. The molecule has 1 atom stereocenters. The zero-order chi connectivity index (χ0) is 9.97. The van der Waals surface area contributed by atoms with Crippen molar-refractivity contribution in [3.63, 3.8) is 0 Å². The minimum atomic E-state index is 0.635. The molecule has 1 unspecified atom stereocenters. The highest BCUT2D eigenvalue weighted by Crippen LogP contribution is 2.38. The largest absolute Gasteiger partial charge is 0.319 e. The number of likely N-dealkylation sites (N-methyl/N-ethyl adjacent to an activating group) is 1. The van der Waals surface area contributed by atoms with Crippen molar-refractivity contribution < 1.29 is 0 Å². The molecule has 3 heteroatoms. The maximum atomic E-state index is 6.24. The average Bonchev–Trinajstić information content (AvgIpc) is 2.43. The molecule has 1 heterocycles. The van der Waals surface area contributed by atoms with Crippen molar-refractivity contribution in [3.8, 4) is 0 Å². The van der Waals surface area contributed by atoms with Gasteiger partial charge in [0.05, 0.1) is 5.02 Å². The van der Waals surface area contributed by atoms with Crippen LogP contribution in [0.25, 0.3) is 0 Å². The summed E-state index contributed by atoms with van der Waals surface area (Å²) in [5.74, 6) is 0.635. The average molecular weight is 230 g/mol. The molecular formula is C11H16ClNS. The third-order valence-electron chi connectivity index (χ3n) is 2.93. The molecule has 1 aliphatic carbocycles. The lowest BCUT2D eigenvalue weighted by atomic mass is 9.97. The van der Waals surface area contributed by atoms with Gasteiger partial charge in [-0.3, -0.25) is 0 Å². The Bertz CT molecular complexity index is 308. The van der Waals surface area contributed by atoms with E-state index >= 15 is 0 Å². The van der Waals surface area contributed by atoms with Crippen LogP contribution in [0.4, 0.5) is 0 Å². The van der Waals surface area contributed by atoms with Crippen LogP contribution in [-0.2, 0) is 6.42 Å². The molecule has 0 spiro atoms. The Morgan fingerprint density at radius 1 is 1.57 bits per heavy atom. The molecule has 0 bridgehead atoms. The van der Waals surface area contributed by atoms with Gasteiger partial charge in [0.15, 0.2) is 0 Å². The summed E-state index contributed by atoms with van der Waals surface area (Å²) in [6.07, 6.45) is 5.17. The molecule has 0 saturated carbocycles. The highest BCUT2D eigenvalue weighted by Gasteiger charge is 2.22. The fourth-order valence-electron chi connectivity index (χ4n) is 2.27. The van der Waals surface area contributed by atoms with Crippen molar-refractivity contribution in [2.45, 2.75) is 31.6 Å². The van der Waals surface area contributed by atoms with Crippen LogP contribution < -0.4 is 5.32 Å². The van der Waals surface area contributed by atoms with Crippen LogP contribution in [-0.4, -0.2) is 13.6 Å². The molecular weight excluding hydrogens is 214 g/mol. The van der Waals surface area contributed by atoms with E-state index in [2.05, 4.69) is 10.7 Å². The van der Waals surface area contributed by atoms with E-state index in [-0.39, 0.29) is 0 Å². The van der Waals surface area contributed by atoms with Crippen LogP contribution in [0.5, 0.6) is 0 Å². The number of fused-ring (bicyclic) bond motifs is 1. The van der Waals surface area contributed by atoms with E-state index in [1.54, 1.807) is 0 Å². The predicted molar refractivity (Wildman–Crippen MR) is 63.6 cm³/mol. The van der Waals surface area contributed by atoms with Gasteiger partial charge in [0.2, 0.25) is 0 Å². The van der Waals surface area contributed by atoms with Crippen molar-refractivity contribution in [2.75, 3.05) is 13.6 Å². The molecule has 1 nitrogen and oxygen atoms in total. The van der Waals surface area contributed by atoms with Gasteiger partial charge in [0, 0.05) is 16.8 Å². The van der Waals surface area contributed by atoms with Crippen LogP contribution >= 0.6 is 22.9 Å². The molecule has 1 aromatic heterocycles. The minimum Gasteiger partial charge on any atom is -0.319 e. The summed E-state index contributed by atoms with van der Waals surface area (Å²) in [6.45, 7) is 1.06. The van der Waals surface area contributed by atoms with E-state index in [9.17, 15) is 0 Å². The first-order valence-corrected chi connectivity index (χ1v) is 6.49. The normalized spacial score (nSPS) is 21.7. The van der Waals surface area contributed by atoms with Gasteiger partial charge in [-0.25, -0.2) is 0 Å². The van der Waals surface area contributed by atoms with Crippen LogP contribution in [0.3, 0.4) is 0 Å². The summed E-state index contributed by atoms with van der Waals surface area (Å²) < 4.78 is 0. The third kappa shape index (κ3) is 1.97. The van der Waals surface area contributed by atoms with E-state index in [0.717, 1.165) is 11.6 Å². The van der Waals surface area contributed by atoms with Crippen molar-refractivity contribution >= 4 is 22.9 Å². The SMILES string of the molecule is CNCC1CCCCc2scc(Cl)c21. The molecule has 0 aliphatic heterocycles. The fraction of sp³-hybridized carbons (Fsp3) is 0.636. The lowest BCUT2D eigenvalue weighted by molar-refractivity contribution is 0.566. The first-order valence-electron chi connectivity index (χ1n) is 5.23.